The number of aliphatic hydroxyl groups excluding tert-OH is 2. The maximum atomic E-state index is 15.5. The Labute approximate surface area is 478 Å². The second-order valence-electron chi connectivity index (χ2n) is 23.1. The molecule has 470 valence electrons. The van der Waals surface area contributed by atoms with Crippen LogP contribution in [0.2, 0.25) is 0 Å². The van der Waals surface area contributed by atoms with E-state index in [9.17, 15) is 48.1 Å². The summed E-state index contributed by atoms with van der Waals surface area (Å²) in [5, 5.41) is 21.7. The third-order valence-corrected chi connectivity index (χ3v) is 14.8. The van der Waals surface area contributed by atoms with E-state index in [4.69, 9.17) is 67.0 Å². The van der Waals surface area contributed by atoms with Crippen LogP contribution in [-0.4, -0.2) is 149 Å². The van der Waals surface area contributed by atoms with E-state index in [1.807, 2.05) is 0 Å². The maximum Gasteiger partial charge on any atom is 0.480 e. The van der Waals surface area contributed by atoms with Crippen LogP contribution >= 0.6 is 15.6 Å². The number of aromatic amines is 2. The van der Waals surface area contributed by atoms with Crippen LogP contribution in [0, 0.1) is 21.7 Å². The number of imidazole rings is 2. The Morgan fingerprint density at radius 3 is 1.30 bits per heavy atom. The van der Waals surface area contributed by atoms with Crippen molar-refractivity contribution >= 4 is 73.7 Å². The number of rotatable bonds is 22. The van der Waals surface area contributed by atoms with E-state index < -0.39 is 161 Å². The summed E-state index contributed by atoms with van der Waals surface area (Å²) in [6.07, 6.45) is -8.06. The number of phosphoric acid groups is 2. The van der Waals surface area contributed by atoms with Gasteiger partial charge in [-0.05, 0) is 89.5 Å². The number of alkyl halides is 2. The number of H-pyrrole nitrogens is 2. The normalized spacial score (nSPS) is 23.2. The molecule has 0 spiro atoms. The van der Waals surface area contributed by atoms with Gasteiger partial charge >= 0.3 is 39.5 Å². The Bertz CT molecular complexity index is 3190. The van der Waals surface area contributed by atoms with Gasteiger partial charge in [-0.1, -0.05) is 13.0 Å². The number of halogens is 2. The molecule has 8 N–H and O–H groups in total. The quantitative estimate of drug-likeness (QED) is 0.0208. The average molecular weight is 1240 g/mol. The minimum absolute atomic E-state index is 0.0636. The lowest BCUT2D eigenvalue weighted by molar-refractivity contribution is -0.166. The van der Waals surface area contributed by atoms with Gasteiger partial charge < -0.3 is 50.1 Å². The van der Waals surface area contributed by atoms with Crippen molar-refractivity contribution in [3.8, 4) is 0 Å². The zero-order valence-electron chi connectivity index (χ0n) is 48.4. The molecule has 0 aromatic carbocycles. The molecule has 4 aromatic rings. The molecule has 8 atom stereocenters. The van der Waals surface area contributed by atoms with Gasteiger partial charge in [0.25, 0.3) is 11.1 Å². The van der Waals surface area contributed by atoms with Gasteiger partial charge in [0.2, 0.25) is 39.1 Å². The van der Waals surface area contributed by atoms with E-state index in [0.29, 0.717) is 0 Å². The third-order valence-electron chi connectivity index (χ3n) is 12.2. The van der Waals surface area contributed by atoms with Gasteiger partial charge in [0.15, 0.2) is 47.1 Å². The van der Waals surface area contributed by atoms with Crippen LogP contribution in [0.25, 0.3) is 22.3 Å². The van der Waals surface area contributed by atoms with Crippen LogP contribution in [0.1, 0.15) is 109 Å². The molecule has 2 fully saturated rings. The number of hydrogen-bond donors (Lipinski definition) is 6. The summed E-state index contributed by atoms with van der Waals surface area (Å²) in [6, 6.07) is 0. The fourth-order valence-corrected chi connectivity index (χ4v) is 9.09. The number of carbonyl (C=O) groups is 4. The molecule has 0 bridgehead atoms. The first-order valence-electron chi connectivity index (χ1n) is 25.5. The predicted octanol–water partition coefficient (Wildman–Crippen LogP) is 4.44. The summed E-state index contributed by atoms with van der Waals surface area (Å²) < 4.78 is 123. The van der Waals surface area contributed by atoms with Crippen LogP contribution in [0.3, 0.4) is 0 Å². The number of nitrogens with zero attached hydrogens (tertiary/aromatic N) is 6. The predicted molar refractivity (Wildman–Crippen MR) is 286 cm³/mol. The number of ether oxygens (including phenoxy) is 6. The maximum absolute atomic E-state index is 15.5. The van der Waals surface area contributed by atoms with Gasteiger partial charge in [-0.25, -0.2) is 46.0 Å². The summed E-state index contributed by atoms with van der Waals surface area (Å²) >= 11 is 0. The number of nitrogens with one attached hydrogen (secondary N) is 2. The number of aliphatic hydroxyl groups is 2. The second kappa shape index (κ2) is 26.2. The minimum Gasteiger partial charge on any atom is -0.437 e. The molecule has 2 aliphatic heterocycles. The van der Waals surface area contributed by atoms with Crippen molar-refractivity contribution in [2.45, 2.75) is 145 Å². The molecule has 84 heavy (non-hydrogen) atoms. The molecule has 6 heterocycles. The average Bonchev–Trinajstić information content (AvgIpc) is 3.49. The third kappa shape index (κ3) is 16.2. The highest BCUT2D eigenvalue weighted by molar-refractivity contribution is 7.48. The van der Waals surface area contributed by atoms with E-state index >= 15 is 8.78 Å². The highest BCUT2D eigenvalue weighted by atomic mass is 31.2. The van der Waals surface area contributed by atoms with E-state index in [1.54, 1.807) is 90.0 Å². The number of hydrogen-bond acceptors (Lipinski definition) is 28. The summed E-state index contributed by atoms with van der Waals surface area (Å²) in [5.41, 5.74) is 1.83. The number of anilines is 2. The fraction of sp³-hybridized carbons (Fsp3) is 0.667. The van der Waals surface area contributed by atoms with Crippen LogP contribution in [0.5, 0.6) is 0 Å². The van der Waals surface area contributed by atoms with E-state index in [0.717, 1.165) is 27.9 Å². The Hall–Kier alpha value is -6.16. The molecule has 0 saturated carbocycles. The van der Waals surface area contributed by atoms with Gasteiger partial charge in [0.05, 0.1) is 47.5 Å². The number of nitrogens with two attached hydrogens (primary N) is 2. The van der Waals surface area contributed by atoms with Crippen molar-refractivity contribution in [1.82, 2.24) is 39.0 Å². The number of esters is 4. The van der Waals surface area contributed by atoms with Crippen molar-refractivity contribution in [2.24, 2.45) is 21.7 Å². The molecular formula is C48H72F2N10O22P2. The molecule has 4 aromatic heterocycles. The van der Waals surface area contributed by atoms with Crippen LogP contribution in [0.4, 0.5) is 20.7 Å². The largest absolute Gasteiger partial charge is 0.480 e. The Kier molecular flexibility index (Phi) is 21.4. The van der Waals surface area contributed by atoms with Gasteiger partial charge in [0.1, 0.15) is 23.4 Å². The number of fused-ring (bicyclic) bond motifs is 2. The van der Waals surface area contributed by atoms with E-state index in [1.165, 1.54) is 0 Å². The molecule has 0 aliphatic carbocycles. The van der Waals surface area contributed by atoms with Crippen molar-refractivity contribution in [3.05, 3.63) is 46.0 Å². The molecular weight excluding hydrogens is 1170 g/mol. The van der Waals surface area contributed by atoms with Gasteiger partial charge in [-0.15, -0.1) is 6.58 Å². The van der Waals surface area contributed by atoms with Crippen molar-refractivity contribution < 1.29 is 103 Å². The second-order valence-corrected chi connectivity index (χ2v) is 26.4. The zero-order valence-corrected chi connectivity index (χ0v) is 50.2. The summed E-state index contributed by atoms with van der Waals surface area (Å²) in [5.74, 6) is -3.28. The lowest BCUT2D eigenvalue weighted by Crippen LogP contribution is -2.45. The molecule has 32 nitrogen and oxygen atoms in total. The van der Waals surface area contributed by atoms with Crippen LogP contribution in [0.15, 0.2) is 34.9 Å². The number of phosphoric ester groups is 2. The Morgan fingerprint density at radius 2 is 0.964 bits per heavy atom. The first kappa shape index (κ1) is 68.6. The first-order chi connectivity index (χ1) is 38.7. The molecule has 0 amide bonds. The van der Waals surface area contributed by atoms with Gasteiger partial charge in [-0.2, -0.15) is 9.97 Å². The van der Waals surface area contributed by atoms with E-state index in [2.05, 4.69) is 36.5 Å². The smallest absolute Gasteiger partial charge is 0.437 e. The van der Waals surface area contributed by atoms with E-state index in [-0.39, 0.29) is 40.6 Å². The van der Waals surface area contributed by atoms with Crippen molar-refractivity contribution in [2.75, 3.05) is 51.9 Å². The monoisotopic (exact) mass is 1240 g/mol. The SMILES string of the molecule is C=C[C@]1(COP(=O)(OCOC(=O)C(C)(C)C)OCOC(=O)C(C)(C)C)O[C@@H](n2cnc3c(=O)[nH]c(N)nc32)[C@H](F)[C@@H]1O.CC[C@]1(COP(=O)(OCOC(=O)C(C)(C)C)OCOC(=O)C(C)(C)C)O[C@@H](n2cnc3c(=O)[nH]c(N)nc32)[C@H](F)[C@@H]1O. The van der Waals surface area contributed by atoms with Crippen molar-refractivity contribution in [3.63, 3.8) is 0 Å². The summed E-state index contributed by atoms with van der Waals surface area (Å²) in [6.45, 7) is 19.0. The Morgan fingerprint density at radius 1 is 0.631 bits per heavy atom. The number of carbonyl (C=O) groups excluding carboxylic acids is 4. The first-order valence-corrected chi connectivity index (χ1v) is 28.4. The fourth-order valence-electron chi connectivity index (χ4n) is 7.18. The zero-order chi connectivity index (χ0) is 63.3. The Balaban J connectivity index is 0.000000307. The molecule has 0 radical (unpaired) electrons. The highest BCUT2D eigenvalue weighted by Crippen LogP contribution is 2.54. The molecule has 6 rings (SSSR count). The topological polar surface area (TPSA) is 433 Å². The van der Waals surface area contributed by atoms with Crippen molar-refractivity contribution in [1.29, 1.82) is 0 Å². The minimum atomic E-state index is -4.73. The number of aromatic nitrogens is 8. The number of nitrogen functional groups attached to an aromatic ring is 2. The highest BCUT2D eigenvalue weighted by Gasteiger charge is 2.58. The van der Waals surface area contributed by atoms with Gasteiger partial charge in [0, 0.05) is 0 Å². The standard InChI is InChI=1S/C24H37FN5O11P.C24H35FN5O11P/c2*1-8-24(15(31)13(25)18(41-24)30-10-27-14-16(30)28-21(26)29-17(14)32)9-38-42(35,39-11-36-19(33)22(2,3)4)40-12-37-20(34)23(5,6)7/h10,13,15,18,31H,8-9,11-12H2,1-7H3,(H3,26,28,29,32);8,10,13,15,18,31H,1,9,11-12H2,2-7H3,(H3,26,28,29,32)/t2*13-,15+,18-,24-/m11/s1. The van der Waals surface area contributed by atoms with Crippen LogP contribution < -0.4 is 22.6 Å². The molecule has 0 unspecified atom stereocenters. The molecule has 2 aliphatic rings. The lowest BCUT2D eigenvalue weighted by Gasteiger charge is -2.31. The lowest BCUT2D eigenvalue weighted by atomic mass is 9.94. The summed E-state index contributed by atoms with van der Waals surface area (Å²) in [4.78, 5) is 93.0. The molecule has 36 heteroatoms. The summed E-state index contributed by atoms with van der Waals surface area (Å²) in [7, 11) is -9.42. The molecule has 2 saturated heterocycles. The van der Waals surface area contributed by atoms with Crippen LogP contribution in [-0.2, 0) is 83.9 Å². The van der Waals surface area contributed by atoms with Gasteiger partial charge in [-0.3, -0.25) is 56.9 Å².